The molecule has 4 N–H and O–H groups in total. The highest BCUT2D eigenvalue weighted by Crippen LogP contribution is 2.11. The molecule has 0 bridgehead atoms. The summed E-state index contributed by atoms with van der Waals surface area (Å²) in [4.78, 5) is 24.9. The van der Waals surface area contributed by atoms with Crippen LogP contribution >= 0.6 is 0 Å². The summed E-state index contributed by atoms with van der Waals surface area (Å²) < 4.78 is 0. The largest absolute Gasteiger partial charge is 0.352 e. The Kier molecular flexibility index (Phi) is 4.57. The molecule has 1 saturated heterocycles. The molecule has 1 heterocycles. The van der Waals surface area contributed by atoms with Gasteiger partial charge >= 0.3 is 6.03 Å². The van der Waals surface area contributed by atoms with Gasteiger partial charge in [-0.25, -0.2) is 4.79 Å². The quantitative estimate of drug-likeness (QED) is 0.741. The van der Waals surface area contributed by atoms with Crippen molar-refractivity contribution in [2.45, 2.75) is 19.5 Å². The Morgan fingerprint density at radius 3 is 2.70 bits per heavy atom. The summed E-state index contributed by atoms with van der Waals surface area (Å²) in [6.07, 6.45) is 0. The van der Waals surface area contributed by atoms with Crippen molar-refractivity contribution < 1.29 is 9.59 Å². The van der Waals surface area contributed by atoms with E-state index in [-0.39, 0.29) is 11.9 Å². The summed E-state index contributed by atoms with van der Waals surface area (Å²) >= 11 is 0. The van der Waals surface area contributed by atoms with Gasteiger partial charge in [0.15, 0.2) is 0 Å². The first-order valence-corrected chi connectivity index (χ1v) is 6.72. The maximum absolute atomic E-state index is 12.4. The van der Waals surface area contributed by atoms with Crippen LogP contribution in [0.15, 0.2) is 24.3 Å². The third-order valence-electron chi connectivity index (χ3n) is 3.43. The maximum atomic E-state index is 12.4. The molecular formula is C14H20N4O2. The van der Waals surface area contributed by atoms with Crippen molar-refractivity contribution in [3.05, 3.63) is 35.4 Å². The van der Waals surface area contributed by atoms with Crippen molar-refractivity contribution in [1.82, 2.24) is 15.5 Å². The van der Waals surface area contributed by atoms with E-state index in [1.807, 2.05) is 24.0 Å². The zero-order valence-electron chi connectivity index (χ0n) is 11.6. The lowest BCUT2D eigenvalue weighted by Gasteiger charge is -2.34. The summed E-state index contributed by atoms with van der Waals surface area (Å²) in [5.41, 5.74) is 6.59. The second-order valence-corrected chi connectivity index (χ2v) is 4.97. The average molecular weight is 276 g/mol. The van der Waals surface area contributed by atoms with Gasteiger partial charge in [0, 0.05) is 37.8 Å². The minimum atomic E-state index is -0.556. The summed E-state index contributed by atoms with van der Waals surface area (Å²) in [7, 11) is 0. The van der Waals surface area contributed by atoms with Gasteiger partial charge in [0.2, 0.25) is 0 Å². The summed E-state index contributed by atoms with van der Waals surface area (Å²) in [6, 6.07) is 6.88. The van der Waals surface area contributed by atoms with Crippen LogP contribution in [-0.4, -0.2) is 42.5 Å². The Balaban J connectivity index is 2.01. The summed E-state index contributed by atoms with van der Waals surface area (Å²) in [5, 5.41) is 5.78. The van der Waals surface area contributed by atoms with E-state index in [1.165, 1.54) is 0 Å². The van der Waals surface area contributed by atoms with Crippen LogP contribution in [0.2, 0.25) is 0 Å². The third-order valence-corrected chi connectivity index (χ3v) is 3.43. The molecule has 1 aromatic carbocycles. The zero-order chi connectivity index (χ0) is 14.5. The first kappa shape index (κ1) is 14.3. The summed E-state index contributed by atoms with van der Waals surface area (Å²) in [5.74, 6) is 0.0495. The first-order chi connectivity index (χ1) is 9.58. The number of carbonyl (C=O) groups excluding carboxylic acids is 2. The number of carbonyl (C=O) groups is 2. The van der Waals surface area contributed by atoms with Crippen LogP contribution in [0.5, 0.6) is 0 Å². The molecule has 6 heteroatoms. The van der Waals surface area contributed by atoms with Gasteiger partial charge < -0.3 is 21.3 Å². The van der Waals surface area contributed by atoms with Crippen LogP contribution in [0.25, 0.3) is 0 Å². The predicted molar refractivity (Wildman–Crippen MR) is 76.2 cm³/mol. The van der Waals surface area contributed by atoms with Gasteiger partial charge in [-0.05, 0) is 24.6 Å². The Morgan fingerprint density at radius 1 is 1.40 bits per heavy atom. The Labute approximate surface area is 118 Å². The van der Waals surface area contributed by atoms with Gasteiger partial charge in [-0.3, -0.25) is 4.79 Å². The number of urea groups is 1. The highest BCUT2D eigenvalue weighted by atomic mass is 16.2. The molecule has 1 fully saturated rings. The van der Waals surface area contributed by atoms with E-state index in [1.54, 1.807) is 12.1 Å². The van der Waals surface area contributed by atoms with Crippen LogP contribution < -0.4 is 16.4 Å². The standard InChI is InChI=1S/C14H20N4O2/c1-10-8-16-6-7-18(10)13(19)12-4-2-11(3-5-12)9-17-14(15)20/h2-5,10,16H,6-9H2,1H3,(H3,15,17,20)/t10-/m0/s1. The van der Waals surface area contributed by atoms with E-state index in [0.29, 0.717) is 12.1 Å². The molecule has 0 unspecified atom stereocenters. The molecule has 108 valence electrons. The molecule has 0 saturated carbocycles. The molecule has 1 atom stereocenters. The highest BCUT2D eigenvalue weighted by molar-refractivity contribution is 5.94. The van der Waals surface area contributed by atoms with Crippen molar-refractivity contribution >= 4 is 11.9 Å². The maximum Gasteiger partial charge on any atom is 0.312 e. The number of nitrogens with one attached hydrogen (secondary N) is 2. The van der Waals surface area contributed by atoms with Crippen molar-refractivity contribution in [3.63, 3.8) is 0 Å². The fourth-order valence-corrected chi connectivity index (χ4v) is 2.26. The molecule has 3 amide bonds. The smallest absolute Gasteiger partial charge is 0.312 e. The van der Waals surface area contributed by atoms with Crippen LogP contribution in [0.4, 0.5) is 4.79 Å². The van der Waals surface area contributed by atoms with E-state index in [9.17, 15) is 9.59 Å². The van der Waals surface area contributed by atoms with E-state index in [0.717, 1.165) is 25.2 Å². The van der Waals surface area contributed by atoms with Crippen molar-refractivity contribution in [3.8, 4) is 0 Å². The van der Waals surface area contributed by atoms with Gasteiger partial charge in [-0.15, -0.1) is 0 Å². The molecular weight excluding hydrogens is 256 g/mol. The van der Waals surface area contributed by atoms with Crippen molar-refractivity contribution in [1.29, 1.82) is 0 Å². The first-order valence-electron chi connectivity index (χ1n) is 6.72. The highest BCUT2D eigenvalue weighted by Gasteiger charge is 2.23. The van der Waals surface area contributed by atoms with E-state index in [2.05, 4.69) is 10.6 Å². The molecule has 0 aromatic heterocycles. The topological polar surface area (TPSA) is 87.5 Å². The third kappa shape index (κ3) is 3.48. The number of rotatable bonds is 3. The van der Waals surface area contributed by atoms with Gasteiger partial charge in [0.05, 0.1) is 0 Å². The van der Waals surface area contributed by atoms with Crippen LogP contribution in [0, 0.1) is 0 Å². The minimum absolute atomic E-state index is 0.0495. The van der Waals surface area contributed by atoms with Crippen LogP contribution in [0.3, 0.4) is 0 Å². The number of piperazine rings is 1. The number of amides is 3. The van der Waals surface area contributed by atoms with E-state index >= 15 is 0 Å². The number of hydrogen-bond acceptors (Lipinski definition) is 3. The molecule has 2 rings (SSSR count). The molecule has 1 aromatic rings. The van der Waals surface area contributed by atoms with E-state index < -0.39 is 6.03 Å². The molecule has 20 heavy (non-hydrogen) atoms. The normalized spacial score (nSPS) is 18.6. The molecule has 1 aliphatic rings. The van der Waals surface area contributed by atoms with Gasteiger partial charge in [0.25, 0.3) is 5.91 Å². The van der Waals surface area contributed by atoms with E-state index in [4.69, 9.17) is 5.73 Å². The van der Waals surface area contributed by atoms with Gasteiger partial charge in [0.1, 0.15) is 0 Å². The molecule has 0 aliphatic carbocycles. The van der Waals surface area contributed by atoms with Crippen LogP contribution in [0.1, 0.15) is 22.8 Å². The predicted octanol–water partition coefficient (Wildman–Crippen LogP) is 0.289. The second kappa shape index (κ2) is 6.38. The van der Waals surface area contributed by atoms with Crippen molar-refractivity contribution in [2.24, 2.45) is 5.73 Å². The fourth-order valence-electron chi connectivity index (χ4n) is 2.26. The minimum Gasteiger partial charge on any atom is -0.352 e. The Morgan fingerprint density at radius 2 is 2.10 bits per heavy atom. The lowest BCUT2D eigenvalue weighted by molar-refractivity contribution is 0.0655. The zero-order valence-corrected chi connectivity index (χ0v) is 11.6. The van der Waals surface area contributed by atoms with Crippen LogP contribution in [-0.2, 0) is 6.54 Å². The number of nitrogens with two attached hydrogens (primary N) is 1. The molecule has 0 spiro atoms. The summed E-state index contributed by atoms with van der Waals surface area (Å²) in [6.45, 7) is 4.79. The monoisotopic (exact) mass is 276 g/mol. The molecule has 0 radical (unpaired) electrons. The number of nitrogens with zero attached hydrogens (tertiary/aromatic N) is 1. The number of benzene rings is 1. The van der Waals surface area contributed by atoms with Gasteiger partial charge in [-0.2, -0.15) is 0 Å². The van der Waals surface area contributed by atoms with Gasteiger partial charge in [-0.1, -0.05) is 12.1 Å². The lowest BCUT2D eigenvalue weighted by Crippen LogP contribution is -2.52. The Bertz CT molecular complexity index is 486. The number of hydrogen-bond donors (Lipinski definition) is 3. The SMILES string of the molecule is C[C@H]1CNCCN1C(=O)c1ccc(CNC(N)=O)cc1. The molecule has 1 aliphatic heterocycles. The fraction of sp³-hybridized carbons (Fsp3) is 0.429. The molecule has 6 nitrogen and oxygen atoms in total. The second-order valence-electron chi connectivity index (χ2n) is 4.97. The number of primary amides is 1. The average Bonchev–Trinajstić information content (AvgIpc) is 2.45. The lowest BCUT2D eigenvalue weighted by atomic mass is 10.1. The van der Waals surface area contributed by atoms with Crippen molar-refractivity contribution in [2.75, 3.05) is 19.6 Å². The Hall–Kier alpha value is -2.08.